The molecular formula is C29H23F2N7. The van der Waals surface area contributed by atoms with E-state index in [1.165, 1.54) is 31.0 Å². The van der Waals surface area contributed by atoms with Gasteiger partial charge in [0, 0.05) is 41.6 Å². The Kier molecular flexibility index (Phi) is 5.44. The molecule has 5 heterocycles. The minimum absolute atomic E-state index is 0.230. The van der Waals surface area contributed by atoms with Gasteiger partial charge in [-0.15, -0.1) is 0 Å². The van der Waals surface area contributed by atoms with E-state index >= 15 is 4.39 Å². The fourth-order valence-corrected chi connectivity index (χ4v) is 5.25. The fourth-order valence-electron chi connectivity index (χ4n) is 5.25. The van der Waals surface area contributed by atoms with E-state index in [-0.39, 0.29) is 11.3 Å². The number of fused-ring (bicyclic) bond motifs is 2. The molecule has 7 nitrogen and oxygen atoms in total. The number of benzene rings is 2. The molecule has 7 rings (SSSR count). The Morgan fingerprint density at radius 3 is 2.66 bits per heavy atom. The Bertz CT molecular complexity index is 1800. The smallest absolute Gasteiger partial charge is 0.157 e. The molecule has 1 fully saturated rings. The van der Waals surface area contributed by atoms with E-state index in [4.69, 9.17) is 4.98 Å². The van der Waals surface area contributed by atoms with Crippen molar-refractivity contribution in [3.63, 3.8) is 0 Å². The molecule has 0 radical (unpaired) electrons. The van der Waals surface area contributed by atoms with E-state index in [1.54, 1.807) is 30.6 Å². The van der Waals surface area contributed by atoms with Crippen LogP contribution in [0.25, 0.3) is 55.8 Å². The van der Waals surface area contributed by atoms with Crippen molar-refractivity contribution >= 4 is 21.9 Å². The van der Waals surface area contributed by atoms with E-state index in [2.05, 4.69) is 36.1 Å². The first-order valence-electron chi connectivity index (χ1n) is 12.6. The second kappa shape index (κ2) is 9.11. The number of rotatable bonds is 5. The summed E-state index contributed by atoms with van der Waals surface area (Å²) in [6.07, 6.45) is 7.72. The minimum atomic E-state index is -0.428. The Labute approximate surface area is 216 Å². The lowest BCUT2D eigenvalue weighted by Crippen LogP contribution is -2.18. The molecular weight excluding hydrogens is 484 g/mol. The molecule has 4 aromatic heterocycles. The van der Waals surface area contributed by atoms with Crippen LogP contribution in [0.3, 0.4) is 0 Å². The molecule has 6 aromatic rings. The Hall–Kier alpha value is -4.50. The van der Waals surface area contributed by atoms with Gasteiger partial charge in [0.05, 0.1) is 11.2 Å². The zero-order chi connectivity index (χ0) is 25.6. The van der Waals surface area contributed by atoms with Crippen molar-refractivity contribution in [3.05, 3.63) is 84.3 Å². The summed E-state index contributed by atoms with van der Waals surface area (Å²) in [4.78, 5) is 19.3. The molecule has 2 aromatic carbocycles. The highest BCUT2D eigenvalue weighted by molar-refractivity contribution is 5.97. The predicted octanol–water partition coefficient (Wildman–Crippen LogP) is 6.10. The predicted molar refractivity (Wildman–Crippen MR) is 142 cm³/mol. The third-order valence-corrected chi connectivity index (χ3v) is 7.08. The zero-order valence-electron chi connectivity index (χ0n) is 20.4. The molecule has 1 saturated heterocycles. The molecule has 2 N–H and O–H groups in total. The number of aromatic amines is 2. The van der Waals surface area contributed by atoms with Crippen LogP contribution in [-0.2, 0) is 6.54 Å². The van der Waals surface area contributed by atoms with Gasteiger partial charge >= 0.3 is 0 Å². The average molecular weight is 508 g/mol. The summed E-state index contributed by atoms with van der Waals surface area (Å²) in [5.74, 6) is -0.285. The van der Waals surface area contributed by atoms with Crippen molar-refractivity contribution in [1.82, 2.24) is 35.0 Å². The van der Waals surface area contributed by atoms with Gasteiger partial charge in [0.25, 0.3) is 0 Å². The van der Waals surface area contributed by atoms with Crippen LogP contribution in [0.4, 0.5) is 8.78 Å². The molecule has 188 valence electrons. The molecule has 0 bridgehead atoms. The van der Waals surface area contributed by atoms with Gasteiger partial charge in [0.1, 0.15) is 22.5 Å². The number of nitrogens with zero attached hydrogens (tertiary/aromatic N) is 5. The first-order chi connectivity index (χ1) is 18.6. The SMILES string of the molecule is Fc1cccc(-c2nccc3[nH]c(-c4[nH]nc5c(F)cc(-c6cncc(CN7CCCC7)c6)cc45)nc23)c1. The largest absolute Gasteiger partial charge is 0.337 e. The first-order valence-corrected chi connectivity index (χ1v) is 12.6. The van der Waals surface area contributed by atoms with Crippen molar-refractivity contribution < 1.29 is 8.78 Å². The number of H-pyrrole nitrogens is 2. The number of hydrogen-bond acceptors (Lipinski definition) is 5. The van der Waals surface area contributed by atoms with Crippen LogP contribution in [0.15, 0.2) is 67.1 Å². The molecule has 0 atom stereocenters. The van der Waals surface area contributed by atoms with Gasteiger partial charge < -0.3 is 4.98 Å². The molecule has 9 heteroatoms. The molecule has 38 heavy (non-hydrogen) atoms. The van der Waals surface area contributed by atoms with Crippen LogP contribution in [0, 0.1) is 11.6 Å². The second-order valence-electron chi connectivity index (χ2n) is 9.67. The van der Waals surface area contributed by atoms with E-state index in [9.17, 15) is 4.39 Å². The van der Waals surface area contributed by atoms with Gasteiger partial charge in [0.15, 0.2) is 11.6 Å². The van der Waals surface area contributed by atoms with Crippen molar-refractivity contribution in [2.24, 2.45) is 0 Å². The maximum absolute atomic E-state index is 15.2. The molecule has 0 spiro atoms. The van der Waals surface area contributed by atoms with Crippen molar-refractivity contribution in [2.45, 2.75) is 19.4 Å². The molecule has 1 aliphatic heterocycles. The van der Waals surface area contributed by atoms with Gasteiger partial charge in [0.2, 0.25) is 0 Å². The Morgan fingerprint density at radius 1 is 0.895 bits per heavy atom. The number of pyridine rings is 2. The lowest BCUT2D eigenvalue weighted by molar-refractivity contribution is 0.331. The van der Waals surface area contributed by atoms with E-state index in [0.717, 1.165) is 36.3 Å². The third kappa shape index (κ3) is 4.01. The second-order valence-corrected chi connectivity index (χ2v) is 9.67. The highest BCUT2D eigenvalue weighted by Gasteiger charge is 2.19. The van der Waals surface area contributed by atoms with Gasteiger partial charge in [-0.1, -0.05) is 12.1 Å². The lowest BCUT2D eigenvalue weighted by Gasteiger charge is -2.14. The number of aromatic nitrogens is 6. The number of nitrogens with one attached hydrogen (secondary N) is 2. The van der Waals surface area contributed by atoms with Crippen LogP contribution in [0.1, 0.15) is 18.4 Å². The highest BCUT2D eigenvalue weighted by Crippen LogP contribution is 2.34. The number of imidazole rings is 1. The van der Waals surface area contributed by atoms with Gasteiger partial charge in [-0.25, -0.2) is 13.8 Å². The Balaban J connectivity index is 1.31. The standard InChI is InChI=1S/C29H23F2N7/c30-21-5-3-4-18(11-21)25-28-24(6-7-33-25)34-29(35-28)27-22-12-19(13-23(31)26(22)36-37-27)20-10-17(14-32-15-20)16-38-8-1-2-9-38/h3-7,10-15H,1-2,8-9,16H2,(H,34,35)(H,36,37). The summed E-state index contributed by atoms with van der Waals surface area (Å²) in [5, 5.41) is 7.78. The maximum atomic E-state index is 15.2. The number of hydrogen-bond donors (Lipinski definition) is 2. The van der Waals surface area contributed by atoms with Gasteiger partial charge in [-0.2, -0.15) is 5.10 Å². The van der Waals surface area contributed by atoms with E-state index in [1.807, 2.05) is 12.3 Å². The maximum Gasteiger partial charge on any atom is 0.157 e. The van der Waals surface area contributed by atoms with Gasteiger partial charge in [-0.3, -0.25) is 20.0 Å². The molecule has 0 unspecified atom stereocenters. The quantitative estimate of drug-likeness (QED) is 0.294. The third-order valence-electron chi connectivity index (χ3n) is 7.08. The molecule has 0 amide bonds. The van der Waals surface area contributed by atoms with Crippen LogP contribution < -0.4 is 0 Å². The monoisotopic (exact) mass is 507 g/mol. The highest BCUT2D eigenvalue weighted by atomic mass is 19.1. The average Bonchev–Trinajstić information content (AvgIpc) is 3.68. The first kappa shape index (κ1) is 22.7. The molecule has 0 aliphatic carbocycles. The lowest BCUT2D eigenvalue weighted by atomic mass is 10.0. The minimum Gasteiger partial charge on any atom is -0.337 e. The Morgan fingerprint density at radius 2 is 1.79 bits per heavy atom. The van der Waals surface area contributed by atoms with Crippen molar-refractivity contribution in [1.29, 1.82) is 0 Å². The summed E-state index contributed by atoms with van der Waals surface area (Å²) in [7, 11) is 0. The van der Waals surface area contributed by atoms with Crippen LogP contribution in [0.2, 0.25) is 0 Å². The van der Waals surface area contributed by atoms with E-state index < -0.39 is 5.82 Å². The zero-order valence-corrected chi connectivity index (χ0v) is 20.4. The van der Waals surface area contributed by atoms with Crippen molar-refractivity contribution in [2.75, 3.05) is 13.1 Å². The summed E-state index contributed by atoms with van der Waals surface area (Å²) < 4.78 is 29.1. The normalized spacial score (nSPS) is 14.2. The van der Waals surface area contributed by atoms with E-state index in [0.29, 0.717) is 39.2 Å². The number of halogens is 2. The fraction of sp³-hybridized carbons (Fsp3) is 0.172. The summed E-state index contributed by atoms with van der Waals surface area (Å²) >= 11 is 0. The summed E-state index contributed by atoms with van der Waals surface area (Å²) in [6.45, 7) is 3.03. The molecule has 0 saturated carbocycles. The van der Waals surface area contributed by atoms with Crippen LogP contribution in [0.5, 0.6) is 0 Å². The number of likely N-dealkylation sites (tertiary alicyclic amines) is 1. The summed E-state index contributed by atoms with van der Waals surface area (Å²) in [5.41, 5.74) is 5.95. The van der Waals surface area contributed by atoms with Crippen molar-refractivity contribution in [3.8, 4) is 33.9 Å². The summed E-state index contributed by atoms with van der Waals surface area (Å²) in [6, 6.07) is 13.5. The van der Waals surface area contributed by atoms with Gasteiger partial charge in [-0.05, 0) is 73.5 Å². The topological polar surface area (TPSA) is 86.4 Å². The molecule has 1 aliphatic rings. The van der Waals surface area contributed by atoms with Crippen LogP contribution in [-0.4, -0.2) is 48.1 Å². The van der Waals surface area contributed by atoms with Crippen LogP contribution >= 0.6 is 0 Å².